The van der Waals surface area contributed by atoms with Crippen LogP contribution in [-0.2, 0) is 9.53 Å². The van der Waals surface area contributed by atoms with Crippen molar-refractivity contribution in [2.75, 3.05) is 37.7 Å². The van der Waals surface area contributed by atoms with Crippen molar-refractivity contribution in [3.63, 3.8) is 0 Å². The van der Waals surface area contributed by atoms with E-state index in [-0.39, 0.29) is 5.97 Å². The molecule has 2 N–H and O–H groups in total. The molecule has 0 bridgehead atoms. The molecule has 2 rings (SSSR count). The van der Waals surface area contributed by atoms with Gasteiger partial charge in [-0.3, -0.25) is 0 Å². The second-order valence-electron chi connectivity index (χ2n) is 4.63. The lowest BCUT2D eigenvalue weighted by atomic mass is 10.2. The molecule has 1 fully saturated rings. The first-order valence-electron chi connectivity index (χ1n) is 6.89. The molecule has 1 heterocycles. The van der Waals surface area contributed by atoms with Crippen molar-refractivity contribution < 1.29 is 9.53 Å². The minimum absolute atomic E-state index is 0.365. The molecule has 0 radical (unpaired) electrons. The van der Waals surface area contributed by atoms with Crippen molar-refractivity contribution in [3.8, 4) is 0 Å². The molecule has 1 aromatic rings. The van der Waals surface area contributed by atoms with Crippen LogP contribution in [0, 0.1) is 0 Å². The fourth-order valence-corrected chi connectivity index (χ4v) is 2.26. The molecule has 108 valence electrons. The number of nitrogens with zero attached hydrogens (tertiary/aromatic N) is 2. The predicted molar refractivity (Wildman–Crippen MR) is 79.1 cm³/mol. The molecule has 5 nitrogen and oxygen atoms in total. The maximum atomic E-state index is 11.4. The molecular weight excluding hydrogens is 254 g/mol. The second-order valence-corrected chi connectivity index (χ2v) is 4.63. The van der Waals surface area contributed by atoms with E-state index in [1.165, 1.54) is 11.8 Å². The summed E-state index contributed by atoms with van der Waals surface area (Å²) >= 11 is 0. The van der Waals surface area contributed by atoms with Crippen LogP contribution in [0.2, 0.25) is 0 Å². The Morgan fingerprint density at radius 3 is 2.50 bits per heavy atom. The number of para-hydroxylation sites is 1. The third-order valence-corrected chi connectivity index (χ3v) is 3.32. The number of anilines is 1. The highest BCUT2D eigenvalue weighted by Gasteiger charge is 2.18. The number of hydrogen-bond donors (Lipinski definition) is 1. The third-order valence-electron chi connectivity index (χ3n) is 3.32. The van der Waals surface area contributed by atoms with E-state index in [2.05, 4.69) is 17.0 Å². The van der Waals surface area contributed by atoms with Gasteiger partial charge in [0.2, 0.25) is 0 Å². The summed E-state index contributed by atoms with van der Waals surface area (Å²) in [5.74, 6) is 0.103. The number of esters is 1. The van der Waals surface area contributed by atoms with E-state index in [1.54, 1.807) is 6.92 Å². The van der Waals surface area contributed by atoms with Gasteiger partial charge in [-0.05, 0) is 19.1 Å². The van der Waals surface area contributed by atoms with Crippen LogP contribution in [0.3, 0.4) is 0 Å². The van der Waals surface area contributed by atoms with E-state index in [4.69, 9.17) is 10.5 Å². The molecule has 1 aliphatic rings. The van der Waals surface area contributed by atoms with Gasteiger partial charge in [-0.2, -0.15) is 0 Å². The molecule has 1 aromatic carbocycles. The third kappa shape index (κ3) is 3.66. The van der Waals surface area contributed by atoms with Crippen molar-refractivity contribution in [2.45, 2.75) is 6.92 Å². The highest BCUT2D eigenvalue weighted by Crippen LogP contribution is 2.16. The van der Waals surface area contributed by atoms with Crippen molar-refractivity contribution in [2.24, 2.45) is 5.73 Å². The van der Waals surface area contributed by atoms with E-state index < -0.39 is 0 Å². The number of piperazine rings is 1. The second kappa shape index (κ2) is 6.84. The van der Waals surface area contributed by atoms with Crippen molar-refractivity contribution in [1.82, 2.24) is 4.90 Å². The number of carbonyl (C=O) groups is 1. The smallest absolute Gasteiger partial charge is 0.334 e. The molecule has 0 saturated carbocycles. The fraction of sp³-hybridized carbons (Fsp3) is 0.400. The van der Waals surface area contributed by atoms with Crippen LogP contribution in [0.1, 0.15) is 6.92 Å². The Kier molecular flexibility index (Phi) is 4.87. The SMILES string of the molecule is CCOC(=O)C=C(N)N1CCN(c2ccccc2)CC1. The van der Waals surface area contributed by atoms with Crippen molar-refractivity contribution in [3.05, 3.63) is 42.2 Å². The van der Waals surface area contributed by atoms with Gasteiger partial charge in [-0.15, -0.1) is 0 Å². The minimum Gasteiger partial charge on any atom is -0.463 e. The number of rotatable bonds is 4. The zero-order valence-corrected chi connectivity index (χ0v) is 11.8. The van der Waals surface area contributed by atoms with Crippen LogP contribution in [0.5, 0.6) is 0 Å². The first-order valence-corrected chi connectivity index (χ1v) is 6.89. The standard InChI is InChI=1S/C15H21N3O2/c1-2-20-15(19)12-14(16)18-10-8-17(9-11-18)13-6-4-3-5-7-13/h3-7,12H,2,8-11,16H2,1H3. The lowest BCUT2D eigenvalue weighted by Crippen LogP contribution is -2.47. The van der Waals surface area contributed by atoms with E-state index in [0.717, 1.165) is 26.2 Å². The molecule has 0 spiro atoms. The average molecular weight is 275 g/mol. The summed E-state index contributed by atoms with van der Waals surface area (Å²) in [5, 5.41) is 0. The molecule has 5 heteroatoms. The van der Waals surface area contributed by atoms with Gasteiger partial charge in [-0.25, -0.2) is 4.79 Å². The first kappa shape index (κ1) is 14.2. The molecular formula is C15H21N3O2. The summed E-state index contributed by atoms with van der Waals surface area (Å²) in [5.41, 5.74) is 7.15. The molecule has 1 saturated heterocycles. The predicted octanol–water partition coefficient (Wildman–Crippen LogP) is 1.17. The van der Waals surface area contributed by atoms with Crippen LogP contribution in [-0.4, -0.2) is 43.7 Å². The van der Waals surface area contributed by atoms with Gasteiger partial charge in [0.1, 0.15) is 5.82 Å². The van der Waals surface area contributed by atoms with Crippen molar-refractivity contribution in [1.29, 1.82) is 0 Å². The molecule has 0 unspecified atom stereocenters. The Bertz CT molecular complexity index is 465. The van der Waals surface area contributed by atoms with Gasteiger partial charge in [0, 0.05) is 31.9 Å². The summed E-state index contributed by atoms with van der Waals surface area (Å²) in [6.07, 6.45) is 1.36. The lowest BCUT2D eigenvalue weighted by Gasteiger charge is -2.37. The summed E-state index contributed by atoms with van der Waals surface area (Å²) in [4.78, 5) is 15.7. The molecule has 0 amide bonds. The van der Waals surface area contributed by atoms with E-state index in [9.17, 15) is 4.79 Å². The van der Waals surface area contributed by atoms with Crippen LogP contribution in [0.25, 0.3) is 0 Å². The number of benzene rings is 1. The number of ether oxygens (including phenoxy) is 1. The zero-order valence-electron chi connectivity index (χ0n) is 11.8. The summed E-state index contributed by atoms with van der Waals surface area (Å²) in [6, 6.07) is 10.3. The molecule has 0 aliphatic carbocycles. The Labute approximate surface area is 119 Å². The minimum atomic E-state index is -0.379. The van der Waals surface area contributed by atoms with Crippen LogP contribution in [0.15, 0.2) is 42.2 Å². The molecule has 1 aliphatic heterocycles. The quantitative estimate of drug-likeness (QED) is 0.660. The maximum Gasteiger partial charge on any atom is 0.334 e. The molecule has 20 heavy (non-hydrogen) atoms. The van der Waals surface area contributed by atoms with Gasteiger partial charge >= 0.3 is 5.97 Å². The van der Waals surface area contributed by atoms with Crippen molar-refractivity contribution >= 4 is 11.7 Å². The Hall–Kier alpha value is -2.17. The summed E-state index contributed by atoms with van der Waals surface area (Å²) < 4.78 is 4.86. The van der Waals surface area contributed by atoms with E-state index >= 15 is 0 Å². The number of carbonyl (C=O) groups excluding carboxylic acids is 1. The summed E-state index contributed by atoms with van der Waals surface area (Å²) in [6.45, 7) is 5.53. The average Bonchev–Trinajstić information content (AvgIpc) is 2.48. The maximum absolute atomic E-state index is 11.4. The summed E-state index contributed by atoms with van der Waals surface area (Å²) in [7, 11) is 0. The van der Waals surface area contributed by atoms with Crippen LogP contribution >= 0.6 is 0 Å². The van der Waals surface area contributed by atoms with Crippen LogP contribution in [0.4, 0.5) is 5.69 Å². The molecule has 0 atom stereocenters. The topological polar surface area (TPSA) is 58.8 Å². The van der Waals surface area contributed by atoms with Gasteiger partial charge in [0.25, 0.3) is 0 Å². The Morgan fingerprint density at radius 2 is 1.90 bits per heavy atom. The van der Waals surface area contributed by atoms with Gasteiger partial charge in [0.15, 0.2) is 0 Å². The highest BCUT2D eigenvalue weighted by atomic mass is 16.5. The van der Waals surface area contributed by atoms with Gasteiger partial charge in [-0.1, -0.05) is 18.2 Å². The van der Waals surface area contributed by atoms with Gasteiger partial charge in [0.05, 0.1) is 12.7 Å². The fourth-order valence-electron chi connectivity index (χ4n) is 2.26. The lowest BCUT2D eigenvalue weighted by molar-refractivity contribution is -0.137. The Balaban J connectivity index is 1.89. The first-order chi connectivity index (χ1) is 9.70. The number of nitrogens with two attached hydrogens (primary N) is 1. The monoisotopic (exact) mass is 275 g/mol. The number of hydrogen-bond acceptors (Lipinski definition) is 5. The Morgan fingerprint density at radius 1 is 1.25 bits per heavy atom. The van der Waals surface area contributed by atoms with E-state index in [1.807, 2.05) is 23.1 Å². The molecule has 0 aromatic heterocycles. The van der Waals surface area contributed by atoms with Crippen LogP contribution < -0.4 is 10.6 Å². The highest BCUT2D eigenvalue weighted by molar-refractivity contribution is 5.82. The normalized spacial score (nSPS) is 16.1. The van der Waals surface area contributed by atoms with E-state index in [0.29, 0.717) is 12.4 Å². The van der Waals surface area contributed by atoms with Gasteiger partial charge < -0.3 is 20.3 Å². The largest absolute Gasteiger partial charge is 0.463 e. The zero-order chi connectivity index (χ0) is 14.4.